The number of nitrogens with zero attached hydrogens (tertiary/aromatic N) is 2. The Hall–Kier alpha value is -1.33. The van der Waals surface area contributed by atoms with Crippen LogP contribution in [0.4, 0.5) is 4.79 Å². The van der Waals surface area contributed by atoms with Gasteiger partial charge in [0.25, 0.3) is 0 Å². The van der Waals surface area contributed by atoms with E-state index >= 15 is 0 Å². The van der Waals surface area contributed by atoms with Crippen LogP contribution in [-0.4, -0.2) is 23.5 Å². The molecule has 5 nitrogen and oxygen atoms in total. The number of nitroso groups, excluding NO2 is 1. The van der Waals surface area contributed by atoms with E-state index in [1.165, 1.54) is 6.07 Å². The summed E-state index contributed by atoms with van der Waals surface area (Å²) >= 11 is 11.1. The molecule has 1 aromatic carbocycles. The molecule has 1 aromatic rings. The van der Waals surface area contributed by atoms with Crippen LogP contribution in [0.1, 0.15) is 0 Å². The van der Waals surface area contributed by atoms with Crippen molar-refractivity contribution in [1.82, 2.24) is 5.01 Å². The summed E-state index contributed by atoms with van der Waals surface area (Å²) in [5.74, 6) is 0.251. The fraction of sp³-hybridized carbons (Fsp3) is 0.222. The molecule has 1 rings (SSSR count). The van der Waals surface area contributed by atoms with E-state index in [1.54, 1.807) is 18.2 Å². The lowest BCUT2D eigenvalue weighted by atomic mass is 10.3. The predicted molar refractivity (Wildman–Crippen MR) is 60.7 cm³/mol. The molecule has 0 unspecified atom stereocenters. The van der Waals surface area contributed by atoms with E-state index in [-0.39, 0.29) is 23.2 Å². The Morgan fingerprint density at radius 2 is 2.12 bits per heavy atom. The number of hydrogen-bond acceptors (Lipinski definition) is 4. The summed E-state index contributed by atoms with van der Waals surface area (Å²) in [6, 6.07) is 6.40. The molecule has 0 fully saturated rings. The van der Waals surface area contributed by atoms with Crippen LogP contribution in [0.2, 0.25) is 5.02 Å². The second-order valence-corrected chi connectivity index (χ2v) is 3.48. The molecule has 0 aliphatic carbocycles. The van der Waals surface area contributed by atoms with Crippen molar-refractivity contribution in [3.8, 4) is 5.75 Å². The molecule has 0 radical (unpaired) electrons. The van der Waals surface area contributed by atoms with Crippen LogP contribution >= 0.6 is 23.2 Å². The molecule has 16 heavy (non-hydrogen) atoms. The van der Waals surface area contributed by atoms with Crippen LogP contribution in [0.25, 0.3) is 0 Å². The third kappa shape index (κ3) is 3.36. The van der Waals surface area contributed by atoms with Gasteiger partial charge >= 0.3 is 6.09 Å². The fourth-order valence-corrected chi connectivity index (χ4v) is 1.25. The fourth-order valence-electron chi connectivity index (χ4n) is 0.920. The maximum atomic E-state index is 11.4. The van der Waals surface area contributed by atoms with E-state index in [2.05, 4.69) is 5.29 Å². The highest BCUT2D eigenvalue weighted by Crippen LogP contribution is 2.23. The number of halogens is 2. The SMILES string of the molecule is O=NN(CCCl)C(=O)Oc1ccccc1Cl. The molecule has 0 spiro atoms. The Bertz CT molecular complexity index is 387. The van der Waals surface area contributed by atoms with Gasteiger partial charge in [-0.1, -0.05) is 23.7 Å². The van der Waals surface area contributed by atoms with Crippen molar-refractivity contribution in [3.63, 3.8) is 0 Å². The molecule has 0 bridgehead atoms. The lowest BCUT2D eigenvalue weighted by Crippen LogP contribution is -2.30. The summed E-state index contributed by atoms with van der Waals surface area (Å²) in [7, 11) is 0. The lowest BCUT2D eigenvalue weighted by molar-refractivity contribution is 0.156. The summed E-state index contributed by atoms with van der Waals surface area (Å²) in [6.45, 7) is -0.0195. The van der Waals surface area contributed by atoms with Crippen molar-refractivity contribution < 1.29 is 9.53 Å². The number of benzene rings is 1. The molecule has 0 heterocycles. The number of carbonyl (C=O) groups is 1. The van der Waals surface area contributed by atoms with Gasteiger partial charge in [-0.25, -0.2) is 4.79 Å². The minimum atomic E-state index is -0.913. The van der Waals surface area contributed by atoms with E-state index in [4.69, 9.17) is 27.9 Å². The molecule has 0 aliphatic heterocycles. The van der Waals surface area contributed by atoms with Gasteiger partial charge in [0, 0.05) is 5.88 Å². The smallest absolute Gasteiger partial charge is 0.407 e. The highest BCUT2D eigenvalue weighted by molar-refractivity contribution is 6.32. The maximum absolute atomic E-state index is 11.4. The zero-order valence-corrected chi connectivity index (χ0v) is 9.61. The van der Waals surface area contributed by atoms with Crippen LogP contribution in [-0.2, 0) is 0 Å². The van der Waals surface area contributed by atoms with Crippen LogP contribution in [0.15, 0.2) is 29.6 Å². The largest absolute Gasteiger partial charge is 0.438 e. The number of carbonyl (C=O) groups excluding carboxylic acids is 1. The molecule has 0 N–H and O–H groups in total. The number of hydrogen-bond donors (Lipinski definition) is 0. The number of alkyl halides is 1. The van der Waals surface area contributed by atoms with Crippen LogP contribution in [0.5, 0.6) is 5.75 Å². The van der Waals surface area contributed by atoms with E-state index in [0.29, 0.717) is 5.01 Å². The van der Waals surface area contributed by atoms with Crippen molar-refractivity contribution >= 4 is 29.3 Å². The van der Waals surface area contributed by atoms with Crippen LogP contribution in [0, 0.1) is 4.91 Å². The van der Waals surface area contributed by atoms with Crippen LogP contribution in [0.3, 0.4) is 0 Å². The van der Waals surface area contributed by atoms with Gasteiger partial charge < -0.3 is 4.74 Å². The van der Waals surface area contributed by atoms with Crippen molar-refractivity contribution in [2.24, 2.45) is 5.29 Å². The highest BCUT2D eigenvalue weighted by Gasteiger charge is 2.16. The van der Waals surface area contributed by atoms with Gasteiger partial charge in [-0.3, -0.25) is 0 Å². The molecule has 86 valence electrons. The predicted octanol–water partition coefficient (Wildman–Crippen LogP) is 3.06. The van der Waals surface area contributed by atoms with E-state index in [1.807, 2.05) is 0 Å². The zero-order chi connectivity index (χ0) is 12.0. The Labute approximate surface area is 102 Å². The summed E-state index contributed by atoms with van der Waals surface area (Å²) < 4.78 is 4.85. The average molecular weight is 263 g/mol. The summed E-state index contributed by atoms with van der Waals surface area (Å²) in [6.07, 6.45) is -0.913. The number of rotatable bonds is 4. The summed E-state index contributed by atoms with van der Waals surface area (Å²) in [5.41, 5.74) is 0. The molecule has 0 aliphatic rings. The van der Waals surface area contributed by atoms with Gasteiger partial charge in [0.05, 0.1) is 16.9 Å². The first-order valence-electron chi connectivity index (χ1n) is 4.32. The van der Waals surface area contributed by atoms with Gasteiger partial charge in [-0.05, 0) is 12.1 Å². The normalized spacial score (nSPS) is 9.62. The number of amides is 1. The Morgan fingerprint density at radius 1 is 1.44 bits per heavy atom. The highest BCUT2D eigenvalue weighted by atomic mass is 35.5. The monoisotopic (exact) mass is 262 g/mol. The molecule has 0 aromatic heterocycles. The number of para-hydroxylation sites is 1. The third-order valence-electron chi connectivity index (χ3n) is 1.64. The quantitative estimate of drug-likeness (QED) is 0.476. The molecular weight excluding hydrogens is 255 g/mol. The topological polar surface area (TPSA) is 59.0 Å². The first-order chi connectivity index (χ1) is 7.69. The van der Waals surface area contributed by atoms with Crippen molar-refractivity contribution in [2.75, 3.05) is 12.4 Å². The molecule has 0 saturated carbocycles. The molecule has 0 saturated heterocycles. The van der Waals surface area contributed by atoms with Crippen molar-refractivity contribution in [3.05, 3.63) is 34.2 Å². The average Bonchev–Trinajstić information content (AvgIpc) is 2.29. The Balaban J connectivity index is 2.70. The van der Waals surface area contributed by atoms with Crippen molar-refractivity contribution in [1.29, 1.82) is 0 Å². The third-order valence-corrected chi connectivity index (χ3v) is 2.12. The van der Waals surface area contributed by atoms with Gasteiger partial charge in [0.2, 0.25) is 0 Å². The van der Waals surface area contributed by atoms with E-state index in [0.717, 1.165) is 0 Å². The second kappa shape index (κ2) is 6.30. The first-order valence-corrected chi connectivity index (χ1v) is 5.23. The second-order valence-electron chi connectivity index (χ2n) is 2.69. The van der Waals surface area contributed by atoms with Gasteiger partial charge in [-0.2, -0.15) is 5.01 Å². The molecule has 0 atom stereocenters. The van der Waals surface area contributed by atoms with E-state index < -0.39 is 6.09 Å². The summed E-state index contributed by atoms with van der Waals surface area (Å²) in [4.78, 5) is 21.7. The van der Waals surface area contributed by atoms with Gasteiger partial charge in [0.15, 0.2) is 5.75 Å². The molecular formula is C9H8Cl2N2O3. The minimum absolute atomic E-state index is 0.0195. The van der Waals surface area contributed by atoms with Crippen molar-refractivity contribution in [2.45, 2.75) is 0 Å². The molecule has 7 heteroatoms. The Kier molecular flexibility index (Phi) is 5.01. The van der Waals surface area contributed by atoms with Crippen LogP contribution < -0.4 is 4.74 Å². The number of ether oxygens (including phenoxy) is 1. The Morgan fingerprint density at radius 3 is 2.69 bits per heavy atom. The maximum Gasteiger partial charge on any atom is 0.438 e. The standard InChI is InChI=1S/C9H8Cl2N2O3/c10-5-6-13(12-15)9(14)16-8-4-2-1-3-7(8)11/h1-4H,5-6H2. The molecule has 1 amide bonds. The van der Waals surface area contributed by atoms with Gasteiger partial charge in [0.1, 0.15) is 0 Å². The zero-order valence-electron chi connectivity index (χ0n) is 8.10. The van der Waals surface area contributed by atoms with E-state index in [9.17, 15) is 9.70 Å². The minimum Gasteiger partial charge on any atom is -0.407 e. The lowest BCUT2D eigenvalue weighted by Gasteiger charge is -2.12. The summed E-state index contributed by atoms with van der Waals surface area (Å²) in [5, 5.41) is 3.34. The first kappa shape index (κ1) is 12.7. The van der Waals surface area contributed by atoms with Gasteiger partial charge in [-0.15, -0.1) is 16.5 Å².